The Morgan fingerprint density at radius 2 is 1.97 bits per heavy atom. The molecule has 1 atom stereocenters. The standard InChI is InChI=1S/C24H33F3N4O6S/c1-6-31-21(17-12-28-19(11-18(17)36-4)37-15(3)24(25,26)27)14(2)20(30-31)22(32)29-13-23(33)9-7-16(8-10-23)38(5,34)35/h11-12,15-16,33H,6-10,13H2,1-5H3,(H,29,32)/t15-,16?,23?/m1/s1. The highest BCUT2D eigenvalue weighted by molar-refractivity contribution is 7.91. The van der Waals surface area contributed by atoms with Crippen LogP contribution in [-0.4, -0.2) is 77.2 Å². The Labute approximate surface area is 219 Å². The van der Waals surface area contributed by atoms with E-state index in [0.717, 1.165) is 6.92 Å². The molecule has 0 bridgehead atoms. The molecule has 1 aliphatic rings. The third kappa shape index (κ3) is 6.57. The molecule has 2 N–H and O–H groups in total. The first-order valence-corrected chi connectivity index (χ1v) is 14.1. The molecular weight excluding hydrogens is 529 g/mol. The normalized spacial score (nSPS) is 21.1. The van der Waals surface area contributed by atoms with Crippen LogP contribution in [0.1, 0.15) is 55.6 Å². The van der Waals surface area contributed by atoms with E-state index in [1.54, 1.807) is 11.6 Å². The number of carbonyl (C=O) groups is 1. The number of methoxy groups -OCH3 is 1. The molecule has 1 aliphatic carbocycles. The zero-order chi connectivity index (χ0) is 28.5. The lowest BCUT2D eigenvalue weighted by Gasteiger charge is -2.35. The van der Waals surface area contributed by atoms with E-state index in [0.29, 0.717) is 36.2 Å². The summed E-state index contributed by atoms with van der Waals surface area (Å²) in [5, 5.41) is 17.5. The summed E-state index contributed by atoms with van der Waals surface area (Å²) in [5.41, 5.74) is 0.253. The molecule has 0 spiro atoms. The Balaban J connectivity index is 1.81. The fourth-order valence-corrected chi connectivity index (χ4v) is 5.57. The summed E-state index contributed by atoms with van der Waals surface area (Å²) in [7, 11) is -1.84. The van der Waals surface area contributed by atoms with Crippen molar-refractivity contribution in [2.24, 2.45) is 0 Å². The fourth-order valence-electron chi connectivity index (χ4n) is 4.48. The second-order valence-corrected chi connectivity index (χ2v) is 11.9. The van der Waals surface area contributed by atoms with Crippen molar-refractivity contribution in [1.29, 1.82) is 0 Å². The molecule has 0 aromatic carbocycles. The highest BCUT2D eigenvalue weighted by Crippen LogP contribution is 2.36. The molecule has 1 amide bonds. The average molecular weight is 563 g/mol. The molecule has 2 aromatic heterocycles. The Kier molecular flexibility index (Phi) is 8.66. The first-order chi connectivity index (χ1) is 17.6. The average Bonchev–Trinajstić information content (AvgIpc) is 3.17. The summed E-state index contributed by atoms with van der Waals surface area (Å²) in [5.74, 6) is -0.612. The van der Waals surface area contributed by atoms with Crippen molar-refractivity contribution in [2.45, 2.75) is 76.1 Å². The number of halogens is 3. The van der Waals surface area contributed by atoms with Gasteiger partial charge < -0.3 is 19.9 Å². The molecule has 0 radical (unpaired) electrons. The molecule has 0 unspecified atom stereocenters. The Morgan fingerprint density at radius 1 is 1.34 bits per heavy atom. The first-order valence-electron chi connectivity index (χ1n) is 12.1. The van der Waals surface area contributed by atoms with Crippen LogP contribution in [0.5, 0.6) is 11.6 Å². The lowest BCUT2D eigenvalue weighted by molar-refractivity contribution is -0.190. The molecule has 2 heterocycles. The van der Waals surface area contributed by atoms with Crippen molar-refractivity contribution in [1.82, 2.24) is 20.1 Å². The van der Waals surface area contributed by atoms with Gasteiger partial charge in [-0.2, -0.15) is 18.3 Å². The number of hydrogen-bond donors (Lipinski definition) is 2. The van der Waals surface area contributed by atoms with Gasteiger partial charge in [0.05, 0.1) is 29.2 Å². The summed E-state index contributed by atoms with van der Waals surface area (Å²) in [6, 6.07) is 1.24. The van der Waals surface area contributed by atoms with Crippen LogP contribution in [0.15, 0.2) is 12.3 Å². The first kappa shape index (κ1) is 29.7. The topological polar surface area (TPSA) is 133 Å². The maximum Gasteiger partial charge on any atom is 0.425 e. The van der Waals surface area contributed by atoms with Crippen molar-refractivity contribution >= 4 is 15.7 Å². The fraction of sp³-hybridized carbons (Fsp3) is 0.625. The number of alkyl halides is 3. The van der Waals surface area contributed by atoms with Gasteiger partial charge in [-0.3, -0.25) is 9.48 Å². The van der Waals surface area contributed by atoms with Gasteiger partial charge in [-0.05, 0) is 46.5 Å². The molecule has 10 nitrogen and oxygen atoms in total. The van der Waals surface area contributed by atoms with Gasteiger partial charge in [0, 0.05) is 37.2 Å². The molecule has 1 fully saturated rings. The molecule has 3 rings (SSSR count). The smallest absolute Gasteiger partial charge is 0.425 e. The number of rotatable bonds is 9. The number of hydrogen-bond acceptors (Lipinski definition) is 8. The van der Waals surface area contributed by atoms with Gasteiger partial charge in [0.25, 0.3) is 5.91 Å². The van der Waals surface area contributed by atoms with Crippen LogP contribution in [0.4, 0.5) is 13.2 Å². The number of sulfone groups is 1. The molecule has 2 aromatic rings. The van der Waals surface area contributed by atoms with E-state index in [-0.39, 0.29) is 36.7 Å². The minimum Gasteiger partial charge on any atom is -0.496 e. The van der Waals surface area contributed by atoms with Gasteiger partial charge in [0.1, 0.15) is 15.6 Å². The summed E-state index contributed by atoms with van der Waals surface area (Å²) in [6.07, 6.45) is -3.04. The monoisotopic (exact) mass is 562 g/mol. The molecule has 14 heteroatoms. The Morgan fingerprint density at radius 3 is 2.50 bits per heavy atom. The predicted molar refractivity (Wildman–Crippen MR) is 133 cm³/mol. The molecule has 0 saturated heterocycles. The maximum atomic E-state index is 13.0. The number of aliphatic hydroxyl groups is 1. The molecule has 1 saturated carbocycles. The minimum absolute atomic E-state index is 0.0651. The number of nitrogens with one attached hydrogen (secondary N) is 1. The van der Waals surface area contributed by atoms with E-state index in [2.05, 4.69) is 15.4 Å². The maximum absolute atomic E-state index is 13.0. The van der Waals surface area contributed by atoms with Gasteiger partial charge in [-0.1, -0.05) is 0 Å². The van der Waals surface area contributed by atoms with Crippen molar-refractivity contribution in [3.63, 3.8) is 0 Å². The third-order valence-corrected chi connectivity index (χ3v) is 8.51. The van der Waals surface area contributed by atoms with Crippen LogP contribution in [0.3, 0.4) is 0 Å². The van der Waals surface area contributed by atoms with E-state index in [4.69, 9.17) is 9.47 Å². The van der Waals surface area contributed by atoms with Crippen molar-refractivity contribution in [3.05, 3.63) is 23.5 Å². The van der Waals surface area contributed by atoms with Crippen LogP contribution in [0, 0.1) is 6.92 Å². The quantitative estimate of drug-likeness (QED) is 0.477. The number of ether oxygens (including phenoxy) is 2. The summed E-state index contributed by atoms with van der Waals surface area (Å²) in [6.45, 7) is 4.66. The summed E-state index contributed by atoms with van der Waals surface area (Å²) in [4.78, 5) is 17.0. The van der Waals surface area contributed by atoms with Crippen molar-refractivity contribution in [3.8, 4) is 22.9 Å². The summed E-state index contributed by atoms with van der Waals surface area (Å²) < 4.78 is 74.1. The second-order valence-electron chi connectivity index (χ2n) is 9.60. The molecular formula is C24H33F3N4O6S. The number of nitrogens with zero attached hydrogens (tertiary/aromatic N) is 3. The SMILES string of the molecule is CCn1nc(C(=O)NCC2(O)CCC(S(C)(=O)=O)CC2)c(C)c1-c1cnc(O[C@H](C)C(F)(F)F)cc1OC. The van der Waals surface area contributed by atoms with Gasteiger partial charge in [-0.25, -0.2) is 13.4 Å². The van der Waals surface area contributed by atoms with Crippen LogP contribution in [-0.2, 0) is 16.4 Å². The van der Waals surface area contributed by atoms with Crippen molar-refractivity contribution < 1.29 is 41.0 Å². The van der Waals surface area contributed by atoms with Crippen LogP contribution >= 0.6 is 0 Å². The van der Waals surface area contributed by atoms with Crippen molar-refractivity contribution in [2.75, 3.05) is 19.9 Å². The zero-order valence-corrected chi connectivity index (χ0v) is 22.7. The number of amides is 1. The highest BCUT2D eigenvalue weighted by Gasteiger charge is 2.39. The van der Waals surface area contributed by atoms with Crippen LogP contribution in [0.25, 0.3) is 11.3 Å². The number of pyridine rings is 1. The molecule has 0 aliphatic heterocycles. The minimum atomic E-state index is -4.56. The largest absolute Gasteiger partial charge is 0.496 e. The molecule has 38 heavy (non-hydrogen) atoms. The molecule has 212 valence electrons. The number of aryl methyl sites for hydroxylation is 1. The van der Waals surface area contributed by atoms with E-state index in [1.165, 1.54) is 25.6 Å². The predicted octanol–water partition coefficient (Wildman–Crippen LogP) is 3.06. The Bertz CT molecular complexity index is 1270. The lowest BCUT2D eigenvalue weighted by Crippen LogP contribution is -2.47. The highest BCUT2D eigenvalue weighted by atomic mass is 32.2. The zero-order valence-electron chi connectivity index (χ0n) is 21.9. The number of aromatic nitrogens is 3. The van der Waals surface area contributed by atoms with Gasteiger partial charge >= 0.3 is 6.18 Å². The van der Waals surface area contributed by atoms with E-state index >= 15 is 0 Å². The van der Waals surface area contributed by atoms with Gasteiger partial charge in [0.15, 0.2) is 11.8 Å². The summed E-state index contributed by atoms with van der Waals surface area (Å²) >= 11 is 0. The van der Waals surface area contributed by atoms with E-state index in [9.17, 15) is 31.5 Å². The second kappa shape index (κ2) is 11.1. The third-order valence-electron chi connectivity index (χ3n) is 6.83. The van der Waals surface area contributed by atoms with Crippen LogP contribution < -0.4 is 14.8 Å². The van der Waals surface area contributed by atoms with E-state index < -0.39 is 38.9 Å². The lowest BCUT2D eigenvalue weighted by atomic mass is 9.84. The van der Waals surface area contributed by atoms with Gasteiger partial charge in [-0.15, -0.1) is 0 Å². The Hall–Kier alpha value is -2.87. The van der Waals surface area contributed by atoms with Gasteiger partial charge in [0.2, 0.25) is 5.88 Å². The number of carbonyl (C=O) groups excluding carboxylic acids is 1. The van der Waals surface area contributed by atoms with E-state index in [1.807, 2.05) is 6.92 Å². The van der Waals surface area contributed by atoms with Crippen LogP contribution in [0.2, 0.25) is 0 Å².